The monoisotopic (exact) mass is 282 g/mol. The summed E-state index contributed by atoms with van der Waals surface area (Å²) in [5.41, 5.74) is 10.4. The molecule has 2 amide bonds. The van der Waals surface area contributed by atoms with E-state index < -0.39 is 23.6 Å². The van der Waals surface area contributed by atoms with E-state index in [2.05, 4.69) is 10.6 Å². The first-order valence-electron chi connectivity index (χ1n) is 5.81. The second-order valence-electron chi connectivity index (χ2n) is 3.76. The second-order valence-corrected chi connectivity index (χ2v) is 3.76. The van der Waals surface area contributed by atoms with Crippen LogP contribution in [-0.4, -0.2) is 37.0 Å². The van der Waals surface area contributed by atoms with Gasteiger partial charge in [0, 0.05) is 13.5 Å². The Hall–Kier alpha value is -2.64. The van der Waals surface area contributed by atoms with E-state index in [-0.39, 0.29) is 18.5 Å². The molecule has 0 rings (SSSR count). The lowest BCUT2D eigenvalue weighted by atomic mass is 10.1. The highest BCUT2D eigenvalue weighted by Crippen LogP contribution is 1.98. The Morgan fingerprint density at radius 2 is 1.90 bits per heavy atom. The van der Waals surface area contributed by atoms with Gasteiger partial charge in [-0.3, -0.25) is 14.4 Å². The van der Waals surface area contributed by atoms with Gasteiger partial charge in [-0.1, -0.05) is 0 Å². The Bertz CT molecular complexity index is 443. The van der Waals surface area contributed by atoms with Gasteiger partial charge >= 0.3 is 0 Å². The molecule has 0 fully saturated rings. The molecule has 110 valence electrons. The van der Waals surface area contributed by atoms with Gasteiger partial charge in [-0.15, -0.1) is 0 Å². The van der Waals surface area contributed by atoms with Gasteiger partial charge in [0.2, 0.25) is 5.78 Å². The van der Waals surface area contributed by atoms with Gasteiger partial charge in [0.25, 0.3) is 11.8 Å². The molecule has 0 aliphatic carbocycles. The first-order valence-corrected chi connectivity index (χ1v) is 5.81. The van der Waals surface area contributed by atoms with Crippen LogP contribution in [0.3, 0.4) is 0 Å². The third kappa shape index (κ3) is 6.34. The molecule has 0 saturated carbocycles. The molecule has 0 aliphatic rings. The van der Waals surface area contributed by atoms with Gasteiger partial charge in [0.15, 0.2) is 0 Å². The number of likely N-dealkylation sites (N-methyl/N-ethyl adjacent to an activating group) is 1. The maximum Gasteiger partial charge on any atom is 0.287 e. The standard InChI is InChI=1S/C12H18N4O4/c1-15-12(20)10(18)5-4-8(7-17)16-11(19)9(14)3-2-6-13/h2-3,6-8H,4-5,13-14H2,1H3,(H,15,20)(H,16,19)/b6-2-,9-3-. The van der Waals surface area contributed by atoms with E-state index in [0.29, 0.717) is 6.29 Å². The molecule has 0 spiro atoms. The van der Waals surface area contributed by atoms with Crippen molar-refractivity contribution < 1.29 is 19.2 Å². The Morgan fingerprint density at radius 1 is 1.25 bits per heavy atom. The van der Waals surface area contributed by atoms with Crippen molar-refractivity contribution in [1.29, 1.82) is 0 Å². The highest BCUT2D eigenvalue weighted by molar-refractivity contribution is 6.36. The zero-order valence-electron chi connectivity index (χ0n) is 11.1. The molecule has 0 bridgehead atoms. The van der Waals surface area contributed by atoms with Crippen LogP contribution in [-0.2, 0) is 19.2 Å². The molecule has 8 heteroatoms. The van der Waals surface area contributed by atoms with Crippen LogP contribution in [0.1, 0.15) is 12.8 Å². The van der Waals surface area contributed by atoms with Gasteiger partial charge in [0.05, 0.1) is 11.7 Å². The van der Waals surface area contributed by atoms with Gasteiger partial charge in [-0.25, -0.2) is 0 Å². The predicted molar refractivity (Wildman–Crippen MR) is 71.9 cm³/mol. The van der Waals surface area contributed by atoms with Crippen molar-refractivity contribution in [1.82, 2.24) is 10.6 Å². The summed E-state index contributed by atoms with van der Waals surface area (Å²) in [5.74, 6) is -2.07. The summed E-state index contributed by atoms with van der Waals surface area (Å²) < 4.78 is 0. The molecule has 0 heterocycles. The molecule has 0 aliphatic heterocycles. The Morgan fingerprint density at radius 3 is 2.40 bits per heavy atom. The quantitative estimate of drug-likeness (QED) is 0.177. The predicted octanol–water partition coefficient (Wildman–Crippen LogP) is -1.92. The van der Waals surface area contributed by atoms with Crippen LogP contribution in [0, 0.1) is 0 Å². The van der Waals surface area contributed by atoms with E-state index in [9.17, 15) is 19.2 Å². The van der Waals surface area contributed by atoms with Crippen LogP contribution < -0.4 is 22.1 Å². The van der Waals surface area contributed by atoms with Crippen molar-refractivity contribution in [2.75, 3.05) is 7.05 Å². The van der Waals surface area contributed by atoms with Crippen LogP contribution in [0.5, 0.6) is 0 Å². The van der Waals surface area contributed by atoms with Crippen molar-refractivity contribution in [2.24, 2.45) is 11.5 Å². The number of carbonyl (C=O) groups excluding carboxylic acids is 4. The number of allylic oxidation sites excluding steroid dienone is 2. The summed E-state index contributed by atoms with van der Waals surface area (Å²) in [7, 11) is 1.33. The minimum absolute atomic E-state index is 0.0154. The van der Waals surface area contributed by atoms with Crippen LogP contribution in [0.25, 0.3) is 0 Å². The van der Waals surface area contributed by atoms with E-state index >= 15 is 0 Å². The number of nitrogens with two attached hydrogens (primary N) is 2. The van der Waals surface area contributed by atoms with Crippen molar-refractivity contribution in [2.45, 2.75) is 18.9 Å². The number of ketones is 1. The molecule has 8 nitrogen and oxygen atoms in total. The van der Waals surface area contributed by atoms with Crippen LogP contribution in [0.15, 0.2) is 24.0 Å². The lowest BCUT2D eigenvalue weighted by molar-refractivity contribution is -0.137. The maximum atomic E-state index is 11.6. The van der Waals surface area contributed by atoms with E-state index in [4.69, 9.17) is 11.5 Å². The van der Waals surface area contributed by atoms with Gasteiger partial charge in [-0.05, 0) is 24.8 Å². The maximum absolute atomic E-state index is 11.6. The fourth-order valence-electron chi connectivity index (χ4n) is 1.20. The highest BCUT2D eigenvalue weighted by atomic mass is 16.2. The molecule has 1 atom stereocenters. The number of aldehydes is 1. The molecule has 0 aromatic rings. The summed E-state index contributed by atoms with van der Waals surface area (Å²) in [6.07, 6.45) is 4.16. The SMILES string of the molecule is CNC(=O)C(=O)CCC(C=O)NC(=O)/C(N)=C/C=C\N. The Kier molecular flexibility index (Phi) is 8.08. The van der Waals surface area contributed by atoms with Crippen molar-refractivity contribution >= 4 is 23.9 Å². The zero-order chi connectivity index (χ0) is 15.5. The number of carbonyl (C=O) groups is 4. The second kappa shape index (κ2) is 9.31. The van der Waals surface area contributed by atoms with Crippen molar-refractivity contribution in [3.05, 3.63) is 24.0 Å². The minimum Gasteiger partial charge on any atom is -0.405 e. The van der Waals surface area contributed by atoms with E-state index in [0.717, 1.165) is 0 Å². The van der Waals surface area contributed by atoms with Crippen LogP contribution in [0.2, 0.25) is 0 Å². The van der Waals surface area contributed by atoms with E-state index in [1.54, 1.807) is 0 Å². The fraction of sp³-hybridized carbons (Fsp3) is 0.333. The first-order chi connectivity index (χ1) is 9.46. The smallest absolute Gasteiger partial charge is 0.287 e. The number of rotatable bonds is 8. The minimum atomic E-state index is -0.898. The number of amides is 2. The summed E-state index contributed by atoms with van der Waals surface area (Å²) in [6, 6.07) is -0.898. The number of hydrogen-bond acceptors (Lipinski definition) is 6. The molecular formula is C12H18N4O4. The molecule has 1 unspecified atom stereocenters. The van der Waals surface area contributed by atoms with Crippen molar-refractivity contribution in [3.8, 4) is 0 Å². The third-order valence-corrected chi connectivity index (χ3v) is 2.29. The summed E-state index contributed by atoms with van der Waals surface area (Å²) in [5, 5.41) is 4.50. The molecule has 20 heavy (non-hydrogen) atoms. The zero-order valence-corrected chi connectivity index (χ0v) is 11.1. The summed E-state index contributed by atoms with van der Waals surface area (Å²) in [4.78, 5) is 44.6. The number of Topliss-reactive ketones (excluding diaryl/α,β-unsaturated/α-hetero) is 1. The molecule has 6 N–H and O–H groups in total. The number of nitrogens with one attached hydrogen (secondary N) is 2. The Balaban J connectivity index is 4.42. The Labute approximate surface area is 116 Å². The highest BCUT2D eigenvalue weighted by Gasteiger charge is 2.17. The van der Waals surface area contributed by atoms with E-state index in [1.165, 1.54) is 25.4 Å². The van der Waals surface area contributed by atoms with Crippen LogP contribution >= 0.6 is 0 Å². The molecular weight excluding hydrogens is 264 g/mol. The van der Waals surface area contributed by atoms with Gasteiger partial charge in [0.1, 0.15) is 6.29 Å². The number of hydrogen-bond donors (Lipinski definition) is 4. The summed E-state index contributed by atoms with van der Waals surface area (Å²) >= 11 is 0. The lowest BCUT2D eigenvalue weighted by Crippen LogP contribution is -2.39. The molecule has 0 aromatic heterocycles. The third-order valence-electron chi connectivity index (χ3n) is 2.29. The first kappa shape index (κ1) is 17.4. The molecule has 0 radical (unpaired) electrons. The van der Waals surface area contributed by atoms with E-state index in [1.807, 2.05) is 0 Å². The normalized spacial score (nSPS) is 12.8. The van der Waals surface area contributed by atoms with Gasteiger partial charge in [-0.2, -0.15) is 0 Å². The largest absolute Gasteiger partial charge is 0.405 e. The average molecular weight is 282 g/mol. The molecule has 0 saturated heterocycles. The topological polar surface area (TPSA) is 144 Å². The lowest BCUT2D eigenvalue weighted by Gasteiger charge is -2.12. The fourth-order valence-corrected chi connectivity index (χ4v) is 1.20. The summed E-state index contributed by atoms with van der Waals surface area (Å²) in [6.45, 7) is 0. The van der Waals surface area contributed by atoms with Gasteiger partial charge < -0.3 is 26.9 Å². The average Bonchev–Trinajstić information content (AvgIpc) is 2.47. The van der Waals surface area contributed by atoms with Crippen molar-refractivity contribution in [3.63, 3.8) is 0 Å². The van der Waals surface area contributed by atoms with Crippen LogP contribution in [0.4, 0.5) is 0 Å². The molecule has 0 aromatic carbocycles.